The fraction of sp³-hybridized carbons (Fsp3) is 0.591. The molecule has 2 fully saturated rings. The SMILES string of the molecule is CCOc1ncc(C2(O)C3CCCC2CN(C(=O)c2ccc(C)o2)C3)c(OCC)n1. The van der Waals surface area contributed by atoms with Gasteiger partial charge in [-0.2, -0.15) is 4.98 Å². The number of carbonyl (C=O) groups excluding carboxylic acids is 1. The minimum Gasteiger partial charge on any atom is -0.478 e. The van der Waals surface area contributed by atoms with E-state index in [4.69, 9.17) is 13.9 Å². The maximum absolute atomic E-state index is 13.0. The molecule has 8 heteroatoms. The number of ether oxygens (including phenoxy) is 2. The lowest BCUT2D eigenvalue weighted by Crippen LogP contribution is -2.59. The Morgan fingerprint density at radius 1 is 1.23 bits per heavy atom. The Morgan fingerprint density at radius 2 is 1.93 bits per heavy atom. The second-order valence-electron chi connectivity index (χ2n) is 8.01. The molecule has 2 bridgehead atoms. The summed E-state index contributed by atoms with van der Waals surface area (Å²) in [4.78, 5) is 23.5. The topological polar surface area (TPSA) is 97.9 Å². The van der Waals surface area contributed by atoms with Gasteiger partial charge in [-0.3, -0.25) is 4.79 Å². The minimum atomic E-state index is -1.15. The van der Waals surface area contributed by atoms with Crippen molar-refractivity contribution in [2.45, 2.75) is 45.6 Å². The fourth-order valence-corrected chi connectivity index (χ4v) is 4.83. The Morgan fingerprint density at radius 3 is 2.53 bits per heavy atom. The number of hydrogen-bond donors (Lipinski definition) is 1. The predicted octanol–water partition coefficient (Wildman–Crippen LogP) is 2.94. The van der Waals surface area contributed by atoms with Crippen molar-refractivity contribution in [1.82, 2.24) is 14.9 Å². The van der Waals surface area contributed by atoms with Crippen LogP contribution in [0.15, 0.2) is 22.7 Å². The smallest absolute Gasteiger partial charge is 0.319 e. The van der Waals surface area contributed by atoms with Crippen molar-refractivity contribution in [3.63, 3.8) is 0 Å². The Kier molecular flexibility index (Phi) is 5.69. The highest BCUT2D eigenvalue weighted by atomic mass is 16.5. The zero-order valence-corrected chi connectivity index (χ0v) is 17.8. The average molecular weight is 415 g/mol. The number of aryl methyl sites for hydroxylation is 1. The number of fused-ring (bicyclic) bond motifs is 2. The molecule has 1 aliphatic carbocycles. The van der Waals surface area contributed by atoms with Gasteiger partial charge in [0.15, 0.2) is 5.76 Å². The first-order valence-corrected chi connectivity index (χ1v) is 10.7. The molecule has 2 unspecified atom stereocenters. The summed E-state index contributed by atoms with van der Waals surface area (Å²) in [5.41, 5.74) is -0.563. The van der Waals surface area contributed by atoms with E-state index < -0.39 is 5.60 Å². The molecule has 1 saturated heterocycles. The number of furan rings is 1. The first-order chi connectivity index (χ1) is 14.5. The summed E-state index contributed by atoms with van der Waals surface area (Å²) in [6, 6.07) is 3.74. The number of rotatable bonds is 6. The van der Waals surface area contributed by atoms with Gasteiger partial charge in [0.2, 0.25) is 5.88 Å². The minimum absolute atomic E-state index is 0.130. The molecule has 0 aromatic carbocycles. The molecule has 3 heterocycles. The second kappa shape index (κ2) is 8.26. The van der Waals surface area contributed by atoms with Crippen molar-refractivity contribution in [2.75, 3.05) is 26.3 Å². The molecule has 0 spiro atoms. The number of aliphatic hydroxyl groups is 1. The van der Waals surface area contributed by atoms with E-state index in [9.17, 15) is 9.90 Å². The third-order valence-corrected chi connectivity index (χ3v) is 6.19. The number of aromatic nitrogens is 2. The van der Waals surface area contributed by atoms with Gasteiger partial charge in [-0.15, -0.1) is 0 Å². The summed E-state index contributed by atoms with van der Waals surface area (Å²) in [6.45, 7) is 7.33. The molecule has 162 valence electrons. The molecular weight excluding hydrogens is 386 g/mol. The molecule has 2 aliphatic rings. The number of piperidine rings is 1. The first kappa shape index (κ1) is 20.7. The van der Waals surface area contributed by atoms with Crippen molar-refractivity contribution in [2.24, 2.45) is 11.8 Å². The van der Waals surface area contributed by atoms with Crippen LogP contribution in [0.4, 0.5) is 0 Å². The average Bonchev–Trinajstić information content (AvgIpc) is 3.14. The van der Waals surface area contributed by atoms with Crippen LogP contribution in [0, 0.1) is 18.8 Å². The van der Waals surface area contributed by atoms with Gasteiger partial charge in [0.05, 0.1) is 18.8 Å². The highest BCUT2D eigenvalue weighted by Crippen LogP contribution is 2.51. The summed E-state index contributed by atoms with van der Waals surface area (Å²) < 4.78 is 16.7. The maximum atomic E-state index is 13.0. The van der Waals surface area contributed by atoms with E-state index >= 15 is 0 Å². The Bertz CT molecular complexity index is 898. The molecule has 1 saturated carbocycles. The number of amides is 1. The van der Waals surface area contributed by atoms with Crippen molar-refractivity contribution < 1.29 is 23.8 Å². The largest absolute Gasteiger partial charge is 0.478 e. The predicted molar refractivity (Wildman–Crippen MR) is 108 cm³/mol. The number of nitrogens with zero attached hydrogens (tertiary/aromatic N) is 3. The maximum Gasteiger partial charge on any atom is 0.319 e. The Labute approximate surface area is 176 Å². The molecular formula is C22H29N3O5. The Balaban J connectivity index is 1.65. The van der Waals surface area contributed by atoms with Crippen molar-refractivity contribution >= 4 is 5.91 Å². The molecule has 1 N–H and O–H groups in total. The van der Waals surface area contributed by atoms with Crippen molar-refractivity contribution in [3.8, 4) is 11.9 Å². The van der Waals surface area contributed by atoms with Gasteiger partial charge in [0.25, 0.3) is 5.91 Å². The van der Waals surface area contributed by atoms with Crippen LogP contribution in [0.25, 0.3) is 0 Å². The van der Waals surface area contributed by atoms with Gasteiger partial charge in [0.1, 0.15) is 11.4 Å². The summed E-state index contributed by atoms with van der Waals surface area (Å²) >= 11 is 0. The molecule has 2 aromatic heterocycles. The lowest BCUT2D eigenvalue weighted by atomic mass is 9.63. The molecule has 0 radical (unpaired) electrons. The van der Waals surface area contributed by atoms with Gasteiger partial charge in [-0.05, 0) is 45.7 Å². The summed E-state index contributed by atoms with van der Waals surface area (Å²) in [5.74, 6) is 1.01. The second-order valence-corrected chi connectivity index (χ2v) is 8.01. The van der Waals surface area contributed by atoms with E-state index in [-0.39, 0.29) is 23.8 Å². The molecule has 8 nitrogen and oxygen atoms in total. The monoisotopic (exact) mass is 415 g/mol. The van der Waals surface area contributed by atoms with Crippen LogP contribution in [-0.4, -0.2) is 52.2 Å². The van der Waals surface area contributed by atoms with Crippen LogP contribution in [-0.2, 0) is 5.60 Å². The first-order valence-electron chi connectivity index (χ1n) is 10.7. The quantitative estimate of drug-likeness (QED) is 0.774. The van der Waals surface area contributed by atoms with Gasteiger partial charge >= 0.3 is 6.01 Å². The number of likely N-dealkylation sites (tertiary alicyclic amines) is 1. The van der Waals surface area contributed by atoms with Crippen LogP contribution in [0.5, 0.6) is 11.9 Å². The van der Waals surface area contributed by atoms with Gasteiger partial charge in [-0.1, -0.05) is 6.42 Å². The zero-order chi connectivity index (χ0) is 21.3. The highest BCUT2D eigenvalue weighted by Gasteiger charge is 2.54. The van der Waals surface area contributed by atoms with Crippen LogP contribution < -0.4 is 9.47 Å². The van der Waals surface area contributed by atoms with Crippen molar-refractivity contribution in [3.05, 3.63) is 35.4 Å². The van der Waals surface area contributed by atoms with E-state index in [1.54, 1.807) is 23.2 Å². The molecule has 1 amide bonds. The van der Waals surface area contributed by atoms with Gasteiger partial charge < -0.3 is 23.9 Å². The Hall–Kier alpha value is -2.61. The van der Waals surface area contributed by atoms with Crippen LogP contribution >= 0.6 is 0 Å². The molecule has 2 aromatic rings. The van der Waals surface area contributed by atoms with E-state index in [0.29, 0.717) is 49.3 Å². The van der Waals surface area contributed by atoms with Crippen LogP contribution in [0.3, 0.4) is 0 Å². The third-order valence-electron chi connectivity index (χ3n) is 6.19. The van der Waals surface area contributed by atoms with Gasteiger partial charge in [-0.25, -0.2) is 4.98 Å². The molecule has 4 rings (SSSR count). The fourth-order valence-electron chi connectivity index (χ4n) is 4.83. The number of hydrogen-bond acceptors (Lipinski definition) is 7. The normalized spacial score (nSPS) is 25.8. The molecule has 1 aliphatic heterocycles. The number of carbonyl (C=O) groups is 1. The van der Waals surface area contributed by atoms with E-state index in [1.807, 2.05) is 20.8 Å². The van der Waals surface area contributed by atoms with E-state index in [2.05, 4.69) is 9.97 Å². The zero-order valence-electron chi connectivity index (χ0n) is 17.8. The lowest BCUT2D eigenvalue weighted by molar-refractivity contribution is -0.141. The third kappa shape index (κ3) is 3.53. The van der Waals surface area contributed by atoms with Gasteiger partial charge in [0, 0.05) is 31.1 Å². The van der Waals surface area contributed by atoms with Crippen molar-refractivity contribution in [1.29, 1.82) is 0 Å². The molecule has 30 heavy (non-hydrogen) atoms. The van der Waals surface area contributed by atoms with E-state index in [0.717, 1.165) is 19.3 Å². The molecule has 2 atom stereocenters. The van der Waals surface area contributed by atoms with Crippen LogP contribution in [0.2, 0.25) is 0 Å². The summed E-state index contributed by atoms with van der Waals surface area (Å²) in [7, 11) is 0. The summed E-state index contributed by atoms with van der Waals surface area (Å²) in [6.07, 6.45) is 4.27. The highest BCUT2D eigenvalue weighted by molar-refractivity contribution is 5.91. The lowest BCUT2D eigenvalue weighted by Gasteiger charge is -2.53. The van der Waals surface area contributed by atoms with E-state index in [1.165, 1.54) is 0 Å². The van der Waals surface area contributed by atoms with Crippen LogP contribution in [0.1, 0.15) is 55.0 Å². The summed E-state index contributed by atoms with van der Waals surface area (Å²) in [5, 5.41) is 12.0. The standard InChI is InChI=1S/C22H29N3O5/c1-4-28-19-17(11-23-21(24-19)29-5-2)22(27)15-7-6-8-16(22)13-25(12-15)20(26)18-10-9-14(3)30-18/h9-11,15-16,27H,4-8,12-13H2,1-3H3.